The number of halogens is 3. The third kappa shape index (κ3) is 3.41. The molecule has 0 spiro atoms. The van der Waals surface area contributed by atoms with Gasteiger partial charge in [0.15, 0.2) is 0 Å². The molecule has 0 aliphatic rings. The van der Waals surface area contributed by atoms with Crippen LogP contribution >= 0.6 is 0 Å². The molecule has 1 aromatic rings. The molecule has 0 fully saturated rings. The lowest BCUT2D eigenvalue weighted by atomic mass is 10.1. The number of aromatic carboxylic acids is 1. The van der Waals surface area contributed by atoms with Gasteiger partial charge in [-0.25, -0.2) is 4.79 Å². The Morgan fingerprint density at radius 2 is 1.76 bits per heavy atom. The average molecular weight is 306 g/mol. The third-order valence-corrected chi connectivity index (χ3v) is 2.92. The molecule has 9 heteroatoms. The maximum atomic E-state index is 12.3. The molecule has 116 valence electrons. The van der Waals surface area contributed by atoms with Gasteiger partial charge in [0.25, 0.3) is 11.7 Å². The van der Waals surface area contributed by atoms with Gasteiger partial charge in [-0.15, -0.1) is 0 Å². The van der Waals surface area contributed by atoms with E-state index in [4.69, 9.17) is 5.11 Å². The number of carboxylic acids is 1. The highest BCUT2D eigenvalue weighted by molar-refractivity contribution is 6.42. The van der Waals surface area contributed by atoms with E-state index in [-0.39, 0.29) is 22.5 Å². The molecule has 0 radical (unpaired) electrons. The molecule has 21 heavy (non-hydrogen) atoms. The fourth-order valence-electron chi connectivity index (χ4n) is 1.76. The highest BCUT2D eigenvalue weighted by atomic mass is 19.4. The lowest BCUT2D eigenvalue weighted by Gasteiger charge is -2.16. The zero-order valence-electron chi connectivity index (χ0n) is 11.4. The smallest absolute Gasteiger partial charge is 0.408 e. The number of Topliss-reactive ketones (excluding diaryl/α,β-unsaturated/α-hetero) is 1. The number of aromatic nitrogens is 1. The summed E-state index contributed by atoms with van der Waals surface area (Å²) in [6.07, 6.45) is -4.68. The number of carbonyl (C=O) groups is 3. The van der Waals surface area contributed by atoms with Crippen LogP contribution in [0.25, 0.3) is 0 Å². The summed E-state index contributed by atoms with van der Waals surface area (Å²) in [6, 6.07) is -2.19. The maximum Gasteiger partial charge on any atom is 0.408 e. The third-order valence-electron chi connectivity index (χ3n) is 2.92. The summed E-state index contributed by atoms with van der Waals surface area (Å²) < 4.78 is 37.0. The van der Waals surface area contributed by atoms with Crippen molar-refractivity contribution in [1.82, 2.24) is 10.3 Å². The Kier molecular flexibility index (Phi) is 4.45. The number of hydrogen-bond donors (Lipinski definition) is 3. The average Bonchev–Trinajstić information content (AvgIpc) is 2.62. The van der Waals surface area contributed by atoms with Gasteiger partial charge >= 0.3 is 12.1 Å². The van der Waals surface area contributed by atoms with Crippen LogP contribution < -0.4 is 5.32 Å². The molecule has 0 saturated heterocycles. The first kappa shape index (κ1) is 16.7. The van der Waals surface area contributed by atoms with Crippen molar-refractivity contribution in [3.8, 4) is 0 Å². The van der Waals surface area contributed by atoms with Gasteiger partial charge in [-0.1, -0.05) is 0 Å². The Bertz CT molecular complexity index is 604. The number of alkyl halides is 3. The van der Waals surface area contributed by atoms with E-state index in [1.807, 2.05) is 0 Å². The van der Waals surface area contributed by atoms with Gasteiger partial charge < -0.3 is 15.4 Å². The Balaban J connectivity index is 3.03. The van der Waals surface area contributed by atoms with Crippen LogP contribution in [-0.2, 0) is 4.79 Å². The van der Waals surface area contributed by atoms with Crippen LogP contribution in [-0.4, -0.2) is 40.0 Å². The van der Waals surface area contributed by atoms with E-state index in [9.17, 15) is 27.6 Å². The van der Waals surface area contributed by atoms with Crippen molar-refractivity contribution < 1.29 is 32.7 Å². The molecule has 1 rings (SSSR count). The second-order valence-corrected chi connectivity index (χ2v) is 4.50. The summed E-state index contributed by atoms with van der Waals surface area (Å²) in [5.74, 6) is -4.01. The van der Waals surface area contributed by atoms with E-state index < -0.39 is 29.9 Å². The first-order chi connectivity index (χ1) is 9.46. The first-order valence-electron chi connectivity index (χ1n) is 5.81. The normalized spacial score (nSPS) is 12.9. The van der Waals surface area contributed by atoms with Crippen LogP contribution in [0.3, 0.4) is 0 Å². The molecule has 0 aliphatic heterocycles. The molecule has 1 unspecified atom stereocenters. The fraction of sp³-hybridized carbons (Fsp3) is 0.417. The zero-order chi connectivity index (χ0) is 16.5. The number of aromatic amines is 1. The van der Waals surface area contributed by atoms with E-state index in [1.54, 1.807) is 0 Å². The van der Waals surface area contributed by atoms with Gasteiger partial charge in [0.2, 0.25) is 0 Å². The summed E-state index contributed by atoms with van der Waals surface area (Å²) in [5.41, 5.74) is -0.383. The fourth-order valence-corrected chi connectivity index (χ4v) is 1.76. The van der Waals surface area contributed by atoms with Gasteiger partial charge in [0.05, 0.1) is 11.3 Å². The molecule has 0 saturated carbocycles. The van der Waals surface area contributed by atoms with Gasteiger partial charge in [0, 0.05) is 5.69 Å². The van der Waals surface area contributed by atoms with E-state index in [0.717, 1.165) is 0 Å². The topological polar surface area (TPSA) is 99.3 Å². The molecular formula is C12H13F3N2O4. The highest BCUT2D eigenvalue weighted by Crippen LogP contribution is 2.21. The number of nitrogens with one attached hydrogen (secondary N) is 2. The second-order valence-electron chi connectivity index (χ2n) is 4.50. The molecule has 1 amide bonds. The minimum atomic E-state index is -4.68. The van der Waals surface area contributed by atoms with Gasteiger partial charge in [0.1, 0.15) is 6.04 Å². The van der Waals surface area contributed by atoms with Gasteiger partial charge in [-0.3, -0.25) is 9.59 Å². The lowest BCUT2D eigenvalue weighted by Crippen LogP contribution is -2.46. The minimum absolute atomic E-state index is 0.000174. The number of amides is 1. The maximum absolute atomic E-state index is 12.3. The van der Waals surface area contributed by atoms with E-state index in [2.05, 4.69) is 4.98 Å². The molecule has 1 aromatic heterocycles. The molecule has 6 nitrogen and oxygen atoms in total. The highest BCUT2D eigenvalue weighted by Gasteiger charge is 2.38. The number of carboxylic acid groups (broad SMARTS) is 1. The Labute approximate surface area is 117 Å². The van der Waals surface area contributed by atoms with Crippen LogP contribution in [0.1, 0.15) is 39.0 Å². The van der Waals surface area contributed by atoms with Crippen LogP contribution in [0.4, 0.5) is 13.2 Å². The van der Waals surface area contributed by atoms with Gasteiger partial charge in [-0.05, 0) is 26.3 Å². The predicted octanol–water partition coefficient (Wildman–Crippen LogP) is 1.58. The Morgan fingerprint density at radius 3 is 2.14 bits per heavy atom. The molecule has 1 heterocycles. The SMILES string of the molecule is Cc1[nH]c(C(=O)C(=O)NC(C)C(F)(F)F)c(C)c1C(=O)O. The molecule has 0 aromatic carbocycles. The number of H-pyrrole nitrogens is 1. The van der Waals surface area contributed by atoms with Crippen molar-refractivity contribution in [3.05, 3.63) is 22.5 Å². The van der Waals surface area contributed by atoms with Crippen molar-refractivity contribution >= 4 is 17.7 Å². The minimum Gasteiger partial charge on any atom is -0.478 e. The molecule has 0 bridgehead atoms. The number of hydrogen-bond acceptors (Lipinski definition) is 3. The zero-order valence-corrected chi connectivity index (χ0v) is 11.4. The largest absolute Gasteiger partial charge is 0.478 e. The van der Waals surface area contributed by atoms with Gasteiger partial charge in [-0.2, -0.15) is 13.2 Å². The van der Waals surface area contributed by atoms with Crippen molar-refractivity contribution in [1.29, 1.82) is 0 Å². The van der Waals surface area contributed by atoms with E-state index in [0.29, 0.717) is 6.92 Å². The van der Waals surface area contributed by atoms with Crippen LogP contribution in [0, 0.1) is 13.8 Å². The lowest BCUT2D eigenvalue weighted by molar-refractivity contribution is -0.156. The summed E-state index contributed by atoms with van der Waals surface area (Å²) in [5, 5.41) is 10.5. The molecular weight excluding hydrogens is 293 g/mol. The predicted molar refractivity (Wildman–Crippen MR) is 65.2 cm³/mol. The quantitative estimate of drug-likeness (QED) is 0.581. The molecule has 3 N–H and O–H groups in total. The van der Waals surface area contributed by atoms with Crippen LogP contribution in [0.2, 0.25) is 0 Å². The standard InChI is InChI=1S/C12H13F3N2O4/c1-4-7(11(20)21)5(2)16-8(4)9(18)10(19)17-6(3)12(13,14)15/h6,16H,1-3H3,(H,17,19)(H,20,21). The van der Waals surface area contributed by atoms with Crippen LogP contribution in [0.5, 0.6) is 0 Å². The Morgan fingerprint density at radius 1 is 1.24 bits per heavy atom. The molecule has 1 atom stereocenters. The van der Waals surface area contributed by atoms with Crippen molar-refractivity contribution in [2.75, 3.05) is 0 Å². The molecule has 0 aliphatic carbocycles. The Hall–Kier alpha value is -2.32. The summed E-state index contributed by atoms with van der Waals surface area (Å²) >= 11 is 0. The van der Waals surface area contributed by atoms with Crippen molar-refractivity contribution in [2.24, 2.45) is 0 Å². The number of ketones is 1. The second kappa shape index (κ2) is 5.58. The summed E-state index contributed by atoms with van der Waals surface area (Å²) in [6.45, 7) is 3.37. The number of aryl methyl sites for hydroxylation is 1. The first-order valence-corrected chi connectivity index (χ1v) is 5.81. The summed E-state index contributed by atoms with van der Waals surface area (Å²) in [4.78, 5) is 36.7. The van der Waals surface area contributed by atoms with Crippen molar-refractivity contribution in [2.45, 2.75) is 33.0 Å². The van der Waals surface area contributed by atoms with E-state index in [1.165, 1.54) is 19.2 Å². The summed E-state index contributed by atoms with van der Waals surface area (Å²) in [7, 11) is 0. The van der Waals surface area contributed by atoms with Crippen molar-refractivity contribution in [3.63, 3.8) is 0 Å². The monoisotopic (exact) mass is 306 g/mol. The van der Waals surface area contributed by atoms with E-state index >= 15 is 0 Å². The van der Waals surface area contributed by atoms with Crippen LogP contribution in [0.15, 0.2) is 0 Å². The number of carbonyl (C=O) groups excluding carboxylic acids is 2. The number of rotatable bonds is 4.